The molecule has 0 unspecified atom stereocenters. The van der Waals surface area contributed by atoms with Crippen LogP contribution in [0.3, 0.4) is 0 Å². The number of nitrogens with two attached hydrogens (primary N) is 1. The molecule has 20 heavy (non-hydrogen) atoms. The van der Waals surface area contributed by atoms with Gasteiger partial charge in [-0.2, -0.15) is 17.5 Å². The minimum absolute atomic E-state index is 0.162. The van der Waals surface area contributed by atoms with E-state index in [9.17, 15) is 21.6 Å². The third-order valence-electron chi connectivity index (χ3n) is 2.54. The summed E-state index contributed by atoms with van der Waals surface area (Å²) >= 11 is 0. The van der Waals surface area contributed by atoms with E-state index in [1.807, 2.05) is 0 Å². The van der Waals surface area contributed by atoms with Gasteiger partial charge in [0.15, 0.2) is 0 Å². The summed E-state index contributed by atoms with van der Waals surface area (Å²) in [6, 6.07) is 3.70. The molecule has 0 aliphatic rings. The molecule has 1 aromatic carbocycles. The Kier molecular flexibility index (Phi) is 4.87. The number of rotatable bonds is 5. The Bertz CT molecular complexity index is 573. The molecule has 2 N–H and O–H groups in total. The monoisotopic (exact) mass is 312 g/mol. The van der Waals surface area contributed by atoms with Gasteiger partial charge >= 0.3 is 6.18 Å². The number of hydrogen-bond donors (Lipinski definition) is 1. The van der Waals surface area contributed by atoms with E-state index < -0.39 is 22.7 Å². The first-order valence-electron chi connectivity index (χ1n) is 5.62. The fraction of sp³-hybridized carbons (Fsp3) is 0.455. The second-order valence-corrected chi connectivity index (χ2v) is 5.86. The molecule has 0 saturated heterocycles. The lowest BCUT2D eigenvalue weighted by molar-refractivity contribution is -0.135. The number of alkyl halides is 3. The molecule has 0 radical (unpaired) electrons. The number of nitrogen functional groups attached to an aromatic ring is 1. The smallest absolute Gasteiger partial charge is 0.402 e. The van der Waals surface area contributed by atoms with Gasteiger partial charge in [-0.15, -0.1) is 0 Å². The standard InChI is InChI=1S/C11H15F3N2O3S/c1-3-16(7-11(12,13)14)20(17,18)10-5-4-8(19-2)6-9(10)15/h4-6H,3,7,15H2,1-2H3. The molecule has 0 aromatic heterocycles. The van der Waals surface area contributed by atoms with Gasteiger partial charge in [0.25, 0.3) is 0 Å². The van der Waals surface area contributed by atoms with Gasteiger partial charge in [-0.3, -0.25) is 0 Å². The topological polar surface area (TPSA) is 72.6 Å². The van der Waals surface area contributed by atoms with E-state index in [-0.39, 0.29) is 17.1 Å². The van der Waals surface area contributed by atoms with E-state index in [4.69, 9.17) is 10.5 Å². The minimum Gasteiger partial charge on any atom is -0.497 e. The van der Waals surface area contributed by atoms with Gasteiger partial charge < -0.3 is 10.5 Å². The van der Waals surface area contributed by atoms with E-state index in [0.29, 0.717) is 10.1 Å². The van der Waals surface area contributed by atoms with Crippen molar-refractivity contribution >= 4 is 15.7 Å². The molecule has 0 amide bonds. The Balaban J connectivity index is 3.21. The van der Waals surface area contributed by atoms with Crippen LogP contribution in [0.25, 0.3) is 0 Å². The van der Waals surface area contributed by atoms with Gasteiger partial charge in [-0.05, 0) is 12.1 Å². The van der Waals surface area contributed by atoms with E-state index >= 15 is 0 Å². The quantitative estimate of drug-likeness (QED) is 0.842. The SMILES string of the molecule is CCN(CC(F)(F)F)S(=O)(=O)c1ccc(OC)cc1N. The summed E-state index contributed by atoms with van der Waals surface area (Å²) in [6.07, 6.45) is -4.62. The van der Waals surface area contributed by atoms with Crippen LogP contribution in [-0.4, -0.2) is 39.1 Å². The number of halogens is 3. The maximum absolute atomic E-state index is 12.4. The Hall–Kier alpha value is -1.48. The maximum Gasteiger partial charge on any atom is 0.402 e. The molecule has 0 aliphatic carbocycles. The van der Waals surface area contributed by atoms with Crippen molar-refractivity contribution in [1.29, 1.82) is 0 Å². The van der Waals surface area contributed by atoms with Crippen molar-refractivity contribution < 1.29 is 26.3 Å². The number of benzene rings is 1. The maximum atomic E-state index is 12.4. The van der Waals surface area contributed by atoms with E-state index in [0.717, 1.165) is 6.07 Å². The zero-order valence-electron chi connectivity index (χ0n) is 10.9. The first-order valence-corrected chi connectivity index (χ1v) is 7.06. The largest absolute Gasteiger partial charge is 0.497 e. The minimum atomic E-state index is -4.62. The lowest BCUT2D eigenvalue weighted by atomic mass is 10.3. The highest BCUT2D eigenvalue weighted by Gasteiger charge is 2.36. The van der Waals surface area contributed by atoms with Crippen LogP contribution in [0.15, 0.2) is 23.1 Å². The zero-order valence-corrected chi connectivity index (χ0v) is 11.8. The molecule has 0 fully saturated rings. The van der Waals surface area contributed by atoms with Crippen LogP contribution in [0.5, 0.6) is 5.75 Å². The Morgan fingerprint density at radius 2 is 1.95 bits per heavy atom. The number of methoxy groups -OCH3 is 1. The molecule has 1 aromatic rings. The van der Waals surface area contributed by atoms with Crippen molar-refractivity contribution in [3.05, 3.63) is 18.2 Å². The molecule has 9 heteroatoms. The number of nitrogens with zero attached hydrogens (tertiary/aromatic N) is 1. The predicted molar refractivity (Wildman–Crippen MR) is 67.9 cm³/mol. The fourth-order valence-electron chi connectivity index (χ4n) is 1.59. The van der Waals surface area contributed by atoms with Gasteiger partial charge in [-0.25, -0.2) is 8.42 Å². The van der Waals surface area contributed by atoms with Crippen LogP contribution in [0, 0.1) is 0 Å². The first kappa shape index (κ1) is 16.6. The van der Waals surface area contributed by atoms with Crippen molar-refractivity contribution in [3.8, 4) is 5.75 Å². The highest BCUT2D eigenvalue weighted by molar-refractivity contribution is 7.89. The molecule has 0 saturated carbocycles. The van der Waals surface area contributed by atoms with Crippen LogP contribution < -0.4 is 10.5 Å². The fourth-order valence-corrected chi connectivity index (χ4v) is 3.13. The molecule has 114 valence electrons. The molecule has 0 aliphatic heterocycles. The van der Waals surface area contributed by atoms with Crippen LogP contribution in [-0.2, 0) is 10.0 Å². The average molecular weight is 312 g/mol. The zero-order chi connectivity index (χ0) is 15.6. The van der Waals surface area contributed by atoms with Crippen molar-refractivity contribution in [3.63, 3.8) is 0 Å². The summed E-state index contributed by atoms with van der Waals surface area (Å²) < 4.78 is 66.7. The van der Waals surface area contributed by atoms with Gasteiger partial charge in [-0.1, -0.05) is 6.92 Å². The third kappa shape index (κ3) is 3.76. The highest BCUT2D eigenvalue weighted by atomic mass is 32.2. The Morgan fingerprint density at radius 1 is 1.35 bits per heavy atom. The molecule has 1 rings (SSSR count). The number of anilines is 1. The van der Waals surface area contributed by atoms with Gasteiger partial charge in [0.1, 0.15) is 17.2 Å². The van der Waals surface area contributed by atoms with E-state index in [1.54, 1.807) is 0 Å². The van der Waals surface area contributed by atoms with E-state index in [2.05, 4.69) is 0 Å². The van der Waals surface area contributed by atoms with Crippen molar-refractivity contribution in [2.24, 2.45) is 0 Å². The predicted octanol–water partition coefficient (Wildman–Crippen LogP) is 1.85. The highest BCUT2D eigenvalue weighted by Crippen LogP contribution is 2.28. The molecule has 5 nitrogen and oxygen atoms in total. The van der Waals surface area contributed by atoms with Gasteiger partial charge in [0, 0.05) is 12.6 Å². The Labute approximate surface area is 115 Å². The van der Waals surface area contributed by atoms with Crippen molar-refractivity contribution in [1.82, 2.24) is 4.31 Å². The van der Waals surface area contributed by atoms with Crippen molar-refractivity contribution in [2.45, 2.75) is 18.0 Å². The summed E-state index contributed by atoms with van der Waals surface area (Å²) in [7, 11) is -2.94. The number of ether oxygens (including phenoxy) is 1. The molecular weight excluding hydrogens is 297 g/mol. The average Bonchev–Trinajstić information content (AvgIpc) is 2.34. The third-order valence-corrected chi connectivity index (χ3v) is 4.54. The summed E-state index contributed by atoms with van der Waals surface area (Å²) in [6.45, 7) is -0.548. The molecule has 0 heterocycles. The second kappa shape index (κ2) is 5.88. The first-order chi connectivity index (χ1) is 9.11. The summed E-state index contributed by atoms with van der Waals surface area (Å²) in [4.78, 5) is -0.371. The summed E-state index contributed by atoms with van der Waals surface area (Å²) in [5.41, 5.74) is 5.41. The van der Waals surface area contributed by atoms with Crippen LogP contribution in [0.1, 0.15) is 6.92 Å². The van der Waals surface area contributed by atoms with Gasteiger partial charge in [0.05, 0.1) is 12.8 Å². The normalized spacial score (nSPS) is 12.7. The Morgan fingerprint density at radius 3 is 2.35 bits per heavy atom. The lowest BCUT2D eigenvalue weighted by Crippen LogP contribution is -2.39. The van der Waals surface area contributed by atoms with Crippen LogP contribution >= 0.6 is 0 Å². The van der Waals surface area contributed by atoms with Gasteiger partial charge in [0.2, 0.25) is 10.0 Å². The summed E-state index contributed by atoms with van der Waals surface area (Å²) in [5, 5.41) is 0. The lowest BCUT2D eigenvalue weighted by Gasteiger charge is -2.22. The molecular formula is C11H15F3N2O3S. The van der Waals surface area contributed by atoms with Crippen LogP contribution in [0.4, 0.5) is 18.9 Å². The summed E-state index contributed by atoms with van der Waals surface area (Å²) in [5.74, 6) is 0.320. The van der Waals surface area contributed by atoms with Crippen LogP contribution in [0.2, 0.25) is 0 Å². The van der Waals surface area contributed by atoms with E-state index in [1.165, 1.54) is 26.2 Å². The molecule has 0 atom stereocenters. The number of hydrogen-bond acceptors (Lipinski definition) is 4. The molecule has 0 spiro atoms. The van der Waals surface area contributed by atoms with Crippen molar-refractivity contribution in [2.75, 3.05) is 25.9 Å². The second-order valence-electron chi connectivity index (χ2n) is 3.95. The molecule has 0 bridgehead atoms. The number of sulfonamides is 1.